The summed E-state index contributed by atoms with van der Waals surface area (Å²) in [6, 6.07) is 3.84. The van der Waals surface area contributed by atoms with Crippen LogP contribution in [0.2, 0.25) is 0 Å². The Kier molecular flexibility index (Phi) is 5.74. The number of aromatic carboxylic acids is 1. The van der Waals surface area contributed by atoms with Crippen molar-refractivity contribution in [3.05, 3.63) is 35.1 Å². The second kappa shape index (κ2) is 7.08. The SMILES string of the molecule is CCOCCN(C)Cc1ccc(F)cc1C(=O)O. The summed E-state index contributed by atoms with van der Waals surface area (Å²) in [5, 5.41) is 9.01. The first-order chi connectivity index (χ1) is 8.54. The molecular formula is C13H18FNO3. The lowest BCUT2D eigenvalue weighted by Crippen LogP contribution is -2.24. The summed E-state index contributed by atoms with van der Waals surface area (Å²) in [5.74, 6) is -1.64. The summed E-state index contributed by atoms with van der Waals surface area (Å²) >= 11 is 0. The number of carboxylic acid groups (broad SMARTS) is 1. The second-order valence-electron chi connectivity index (χ2n) is 4.04. The molecule has 0 radical (unpaired) electrons. The maximum atomic E-state index is 13.0. The molecule has 4 nitrogen and oxygen atoms in total. The van der Waals surface area contributed by atoms with Crippen LogP contribution in [0.4, 0.5) is 4.39 Å². The fourth-order valence-corrected chi connectivity index (χ4v) is 1.62. The van der Waals surface area contributed by atoms with Crippen molar-refractivity contribution in [2.75, 3.05) is 26.8 Å². The molecule has 1 N–H and O–H groups in total. The van der Waals surface area contributed by atoms with Crippen LogP contribution >= 0.6 is 0 Å². The van der Waals surface area contributed by atoms with E-state index in [1.807, 2.05) is 18.9 Å². The average Bonchev–Trinajstić information content (AvgIpc) is 2.31. The number of ether oxygens (including phenoxy) is 1. The van der Waals surface area contributed by atoms with Gasteiger partial charge in [0.05, 0.1) is 12.2 Å². The Bertz CT molecular complexity index is 409. The van der Waals surface area contributed by atoms with E-state index < -0.39 is 11.8 Å². The monoisotopic (exact) mass is 255 g/mol. The smallest absolute Gasteiger partial charge is 0.336 e. The number of halogens is 1. The molecule has 0 spiro atoms. The fourth-order valence-electron chi connectivity index (χ4n) is 1.62. The number of rotatable bonds is 7. The van der Waals surface area contributed by atoms with E-state index in [2.05, 4.69) is 0 Å². The van der Waals surface area contributed by atoms with Gasteiger partial charge in [-0.1, -0.05) is 6.07 Å². The topological polar surface area (TPSA) is 49.8 Å². The van der Waals surface area contributed by atoms with Crippen LogP contribution in [0.25, 0.3) is 0 Å². The molecule has 5 heteroatoms. The van der Waals surface area contributed by atoms with Crippen molar-refractivity contribution in [3.8, 4) is 0 Å². The number of benzene rings is 1. The predicted molar refractivity (Wildman–Crippen MR) is 66.2 cm³/mol. The largest absolute Gasteiger partial charge is 0.478 e. The zero-order valence-electron chi connectivity index (χ0n) is 10.6. The van der Waals surface area contributed by atoms with E-state index in [0.29, 0.717) is 31.9 Å². The van der Waals surface area contributed by atoms with Crippen molar-refractivity contribution in [2.45, 2.75) is 13.5 Å². The van der Waals surface area contributed by atoms with E-state index in [4.69, 9.17) is 9.84 Å². The van der Waals surface area contributed by atoms with Crippen molar-refractivity contribution in [2.24, 2.45) is 0 Å². The maximum absolute atomic E-state index is 13.0. The van der Waals surface area contributed by atoms with Crippen LogP contribution in [0.5, 0.6) is 0 Å². The summed E-state index contributed by atoms with van der Waals surface area (Å²) in [4.78, 5) is 12.9. The minimum atomic E-state index is -1.11. The van der Waals surface area contributed by atoms with Gasteiger partial charge in [0.2, 0.25) is 0 Å². The highest BCUT2D eigenvalue weighted by Gasteiger charge is 2.12. The molecule has 0 aliphatic carbocycles. The van der Waals surface area contributed by atoms with Crippen LogP contribution in [0.1, 0.15) is 22.8 Å². The first-order valence-corrected chi connectivity index (χ1v) is 5.82. The fraction of sp³-hybridized carbons (Fsp3) is 0.462. The maximum Gasteiger partial charge on any atom is 0.336 e. The molecule has 0 bridgehead atoms. The highest BCUT2D eigenvalue weighted by Crippen LogP contribution is 2.13. The molecule has 0 fully saturated rings. The van der Waals surface area contributed by atoms with Gasteiger partial charge in [-0.05, 0) is 31.7 Å². The molecule has 0 aromatic heterocycles. The molecule has 100 valence electrons. The molecule has 0 atom stereocenters. The Balaban J connectivity index is 2.68. The summed E-state index contributed by atoms with van der Waals surface area (Å²) in [6.45, 7) is 4.32. The number of carboxylic acids is 1. The molecule has 0 heterocycles. The summed E-state index contributed by atoms with van der Waals surface area (Å²) in [6.07, 6.45) is 0. The Hall–Kier alpha value is -1.46. The van der Waals surface area contributed by atoms with Crippen LogP contribution < -0.4 is 0 Å². The van der Waals surface area contributed by atoms with E-state index in [1.165, 1.54) is 12.1 Å². The summed E-state index contributed by atoms with van der Waals surface area (Å²) in [7, 11) is 1.87. The van der Waals surface area contributed by atoms with Crippen LogP contribution in [-0.4, -0.2) is 42.8 Å². The van der Waals surface area contributed by atoms with E-state index in [-0.39, 0.29) is 5.56 Å². The first kappa shape index (κ1) is 14.6. The summed E-state index contributed by atoms with van der Waals surface area (Å²) < 4.78 is 18.2. The van der Waals surface area contributed by atoms with E-state index in [9.17, 15) is 9.18 Å². The molecule has 0 aliphatic heterocycles. The van der Waals surface area contributed by atoms with E-state index >= 15 is 0 Å². The zero-order chi connectivity index (χ0) is 13.5. The van der Waals surface area contributed by atoms with Gasteiger partial charge >= 0.3 is 5.97 Å². The van der Waals surface area contributed by atoms with E-state index in [1.54, 1.807) is 0 Å². The Morgan fingerprint density at radius 1 is 1.50 bits per heavy atom. The Morgan fingerprint density at radius 3 is 2.83 bits per heavy atom. The minimum Gasteiger partial charge on any atom is -0.478 e. The van der Waals surface area contributed by atoms with E-state index in [0.717, 1.165) is 6.07 Å². The molecule has 0 aliphatic rings. The van der Waals surface area contributed by atoms with Gasteiger partial charge in [-0.3, -0.25) is 4.90 Å². The van der Waals surface area contributed by atoms with Crippen molar-refractivity contribution in [3.63, 3.8) is 0 Å². The van der Waals surface area contributed by atoms with Gasteiger partial charge < -0.3 is 9.84 Å². The van der Waals surface area contributed by atoms with Crippen LogP contribution in [-0.2, 0) is 11.3 Å². The normalized spacial score (nSPS) is 10.9. The van der Waals surface area contributed by atoms with Crippen molar-refractivity contribution < 1.29 is 19.0 Å². The highest BCUT2D eigenvalue weighted by atomic mass is 19.1. The molecule has 0 amide bonds. The van der Waals surface area contributed by atoms with Crippen molar-refractivity contribution in [1.82, 2.24) is 4.90 Å². The molecular weight excluding hydrogens is 237 g/mol. The van der Waals surface area contributed by atoms with Gasteiger partial charge in [-0.15, -0.1) is 0 Å². The van der Waals surface area contributed by atoms with Gasteiger partial charge in [0, 0.05) is 19.7 Å². The first-order valence-electron chi connectivity index (χ1n) is 5.82. The Morgan fingerprint density at radius 2 is 2.22 bits per heavy atom. The Labute approximate surface area is 106 Å². The van der Waals surface area contributed by atoms with Gasteiger partial charge in [0.25, 0.3) is 0 Å². The third kappa shape index (κ3) is 4.43. The number of likely N-dealkylation sites (N-methyl/N-ethyl adjacent to an activating group) is 1. The third-order valence-corrected chi connectivity index (χ3v) is 2.56. The zero-order valence-corrected chi connectivity index (χ0v) is 10.6. The van der Waals surface area contributed by atoms with Crippen LogP contribution in [0, 0.1) is 5.82 Å². The van der Waals surface area contributed by atoms with Crippen LogP contribution in [0.15, 0.2) is 18.2 Å². The van der Waals surface area contributed by atoms with Gasteiger partial charge in [-0.2, -0.15) is 0 Å². The average molecular weight is 255 g/mol. The van der Waals surface area contributed by atoms with Gasteiger partial charge in [0.1, 0.15) is 5.82 Å². The van der Waals surface area contributed by atoms with Gasteiger partial charge in [0.15, 0.2) is 0 Å². The predicted octanol–water partition coefficient (Wildman–Crippen LogP) is 1.99. The minimum absolute atomic E-state index is 0.0123. The molecule has 0 saturated heterocycles. The second-order valence-corrected chi connectivity index (χ2v) is 4.04. The van der Waals surface area contributed by atoms with Gasteiger partial charge in [-0.25, -0.2) is 9.18 Å². The van der Waals surface area contributed by atoms with Crippen molar-refractivity contribution >= 4 is 5.97 Å². The standard InChI is InChI=1S/C13H18FNO3/c1-3-18-7-6-15(2)9-10-4-5-11(14)8-12(10)13(16)17/h4-5,8H,3,6-7,9H2,1-2H3,(H,16,17). The lowest BCUT2D eigenvalue weighted by atomic mass is 10.1. The number of hydrogen-bond donors (Lipinski definition) is 1. The highest BCUT2D eigenvalue weighted by molar-refractivity contribution is 5.89. The molecule has 0 saturated carbocycles. The molecule has 1 rings (SSSR count). The van der Waals surface area contributed by atoms with Crippen LogP contribution in [0.3, 0.4) is 0 Å². The lowest BCUT2D eigenvalue weighted by Gasteiger charge is -2.17. The number of nitrogens with zero attached hydrogens (tertiary/aromatic N) is 1. The molecule has 0 unspecified atom stereocenters. The lowest BCUT2D eigenvalue weighted by molar-refractivity contribution is 0.0693. The quantitative estimate of drug-likeness (QED) is 0.757. The molecule has 1 aromatic carbocycles. The molecule has 1 aromatic rings. The third-order valence-electron chi connectivity index (χ3n) is 2.56. The summed E-state index contributed by atoms with van der Waals surface area (Å²) in [5.41, 5.74) is 0.612. The van der Waals surface area contributed by atoms with Crippen molar-refractivity contribution in [1.29, 1.82) is 0 Å². The number of hydrogen-bond acceptors (Lipinski definition) is 3. The number of carbonyl (C=O) groups is 1. The molecule has 18 heavy (non-hydrogen) atoms.